The molecular weight excluding hydrogens is 320 g/mol. The van der Waals surface area contributed by atoms with Crippen molar-refractivity contribution in [2.24, 2.45) is 5.92 Å². The predicted molar refractivity (Wildman–Crippen MR) is 97.4 cm³/mol. The zero-order valence-electron chi connectivity index (χ0n) is 13.8. The highest BCUT2D eigenvalue weighted by molar-refractivity contribution is 7.12. The molecule has 1 aliphatic rings. The normalized spacial score (nSPS) is 14.3. The van der Waals surface area contributed by atoms with Crippen LogP contribution in [0.2, 0.25) is 0 Å². The number of nitrogens with one attached hydrogen (secondary N) is 1. The molecule has 1 aromatic carbocycles. The number of rotatable bonds is 6. The van der Waals surface area contributed by atoms with Crippen molar-refractivity contribution in [1.82, 2.24) is 4.90 Å². The fraction of sp³-hybridized carbons (Fsp3) is 0.368. The molecule has 1 saturated heterocycles. The highest BCUT2D eigenvalue weighted by Crippen LogP contribution is 2.22. The van der Waals surface area contributed by atoms with Crippen molar-refractivity contribution in [2.45, 2.75) is 26.2 Å². The van der Waals surface area contributed by atoms with E-state index in [1.807, 2.05) is 29.6 Å². The number of amides is 2. The van der Waals surface area contributed by atoms with Gasteiger partial charge in [0, 0.05) is 18.8 Å². The van der Waals surface area contributed by atoms with Crippen LogP contribution < -0.4 is 5.32 Å². The highest BCUT2D eigenvalue weighted by atomic mass is 32.1. The number of nitrogens with zero attached hydrogens (tertiary/aromatic N) is 1. The Bertz CT molecular complexity index is 689. The molecule has 0 spiro atoms. The summed E-state index contributed by atoms with van der Waals surface area (Å²) in [6.45, 7) is 3.17. The summed E-state index contributed by atoms with van der Waals surface area (Å²) in [4.78, 5) is 26.9. The third-order valence-corrected chi connectivity index (χ3v) is 5.17. The van der Waals surface area contributed by atoms with Crippen molar-refractivity contribution in [3.05, 3.63) is 52.2 Å². The van der Waals surface area contributed by atoms with Gasteiger partial charge in [0.2, 0.25) is 5.91 Å². The van der Waals surface area contributed by atoms with Gasteiger partial charge < -0.3 is 10.2 Å². The lowest BCUT2D eigenvalue weighted by atomic mass is 9.98. The van der Waals surface area contributed by atoms with Crippen molar-refractivity contribution in [3.63, 3.8) is 0 Å². The van der Waals surface area contributed by atoms with E-state index in [1.54, 1.807) is 4.90 Å². The molecule has 126 valence electrons. The average molecular weight is 342 g/mol. The molecule has 2 aromatic rings. The zero-order valence-corrected chi connectivity index (χ0v) is 14.6. The van der Waals surface area contributed by atoms with E-state index >= 15 is 0 Å². The quantitative estimate of drug-likeness (QED) is 0.868. The first-order valence-corrected chi connectivity index (χ1v) is 9.28. The Hall–Kier alpha value is -2.14. The molecule has 1 N–H and O–H groups in total. The summed E-state index contributed by atoms with van der Waals surface area (Å²) in [5.41, 5.74) is 2.12. The van der Waals surface area contributed by atoms with Gasteiger partial charge in [-0.2, -0.15) is 0 Å². The first kappa shape index (κ1) is 16.7. The molecule has 2 amide bonds. The molecule has 24 heavy (non-hydrogen) atoms. The lowest BCUT2D eigenvalue weighted by Gasteiger charge is -2.37. The summed E-state index contributed by atoms with van der Waals surface area (Å²) in [5.74, 6) is -0.102. The molecule has 2 heterocycles. The summed E-state index contributed by atoms with van der Waals surface area (Å²) in [7, 11) is 0. The molecule has 5 heteroatoms. The number of benzene rings is 1. The number of carbonyl (C=O) groups excluding carboxylic acids is 2. The van der Waals surface area contributed by atoms with E-state index in [2.05, 4.69) is 24.4 Å². The summed E-state index contributed by atoms with van der Waals surface area (Å²) >= 11 is 1.44. The molecule has 1 aliphatic heterocycles. The Morgan fingerprint density at radius 3 is 2.58 bits per heavy atom. The summed E-state index contributed by atoms with van der Waals surface area (Å²) in [6.07, 6.45) is 3.44. The lowest BCUT2D eigenvalue weighted by Crippen LogP contribution is -2.54. The van der Waals surface area contributed by atoms with Gasteiger partial charge in [-0.3, -0.25) is 9.59 Å². The van der Waals surface area contributed by atoms with E-state index in [0.717, 1.165) is 17.0 Å². The summed E-state index contributed by atoms with van der Waals surface area (Å²) in [6, 6.07) is 11.7. The standard InChI is InChI=1S/C19H22N2O2S/c1-2-3-5-14-7-9-16(10-8-14)20-18(22)15-12-21(13-15)19(23)17-6-4-11-24-17/h4,6-11,15H,2-3,5,12-13H2,1H3,(H,20,22). The maximum Gasteiger partial charge on any atom is 0.263 e. The van der Waals surface area contributed by atoms with E-state index in [1.165, 1.54) is 29.7 Å². The van der Waals surface area contributed by atoms with Crippen LogP contribution in [-0.4, -0.2) is 29.8 Å². The fourth-order valence-corrected chi connectivity index (χ4v) is 3.44. The van der Waals surface area contributed by atoms with Crippen molar-refractivity contribution in [1.29, 1.82) is 0 Å². The number of carbonyl (C=O) groups is 2. The Labute approximate surface area is 146 Å². The lowest BCUT2D eigenvalue weighted by molar-refractivity contribution is -0.123. The zero-order chi connectivity index (χ0) is 16.9. The molecule has 4 nitrogen and oxygen atoms in total. The maximum atomic E-state index is 12.3. The van der Waals surface area contributed by atoms with Gasteiger partial charge in [0.15, 0.2) is 0 Å². The minimum absolute atomic E-state index is 0.00784. The SMILES string of the molecule is CCCCc1ccc(NC(=O)C2CN(C(=O)c3cccs3)C2)cc1. The smallest absolute Gasteiger partial charge is 0.263 e. The molecule has 0 saturated carbocycles. The van der Waals surface area contributed by atoms with Crippen LogP contribution in [0.25, 0.3) is 0 Å². The summed E-state index contributed by atoms with van der Waals surface area (Å²) in [5, 5.41) is 4.84. The highest BCUT2D eigenvalue weighted by Gasteiger charge is 2.36. The Balaban J connectivity index is 1.47. The second kappa shape index (κ2) is 7.62. The average Bonchev–Trinajstić information content (AvgIpc) is 3.07. The topological polar surface area (TPSA) is 49.4 Å². The van der Waals surface area contributed by atoms with Crippen molar-refractivity contribution in [2.75, 3.05) is 18.4 Å². The number of anilines is 1. The van der Waals surface area contributed by atoms with Crippen LogP contribution >= 0.6 is 11.3 Å². The molecule has 0 unspecified atom stereocenters. The molecule has 0 atom stereocenters. The number of aryl methyl sites for hydroxylation is 1. The second-order valence-corrected chi connectivity index (χ2v) is 7.12. The Kier molecular flexibility index (Phi) is 5.30. The van der Waals surface area contributed by atoms with Gasteiger partial charge in [-0.25, -0.2) is 0 Å². The number of thiophene rings is 1. The van der Waals surface area contributed by atoms with E-state index in [4.69, 9.17) is 0 Å². The van der Waals surface area contributed by atoms with Crippen LogP contribution in [0.5, 0.6) is 0 Å². The van der Waals surface area contributed by atoms with Crippen molar-refractivity contribution >= 4 is 28.8 Å². The molecule has 0 radical (unpaired) electrons. The molecule has 0 bridgehead atoms. The number of likely N-dealkylation sites (tertiary alicyclic amines) is 1. The largest absolute Gasteiger partial charge is 0.336 e. The fourth-order valence-electron chi connectivity index (χ4n) is 2.75. The van der Waals surface area contributed by atoms with E-state index in [0.29, 0.717) is 13.1 Å². The van der Waals surface area contributed by atoms with Gasteiger partial charge in [-0.05, 0) is 42.0 Å². The second-order valence-electron chi connectivity index (χ2n) is 6.17. The Morgan fingerprint density at radius 2 is 1.96 bits per heavy atom. The van der Waals surface area contributed by atoms with Crippen LogP contribution in [0.3, 0.4) is 0 Å². The minimum atomic E-state index is -0.117. The van der Waals surface area contributed by atoms with Gasteiger partial charge in [0.25, 0.3) is 5.91 Å². The van der Waals surface area contributed by atoms with Gasteiger partial charge in [-0.15, -0.1) is 11.3 Å². The number of hydrogen-bond donors (Lipinski definition) is 1. The van der Waals surface area contributed by atoms with Crippen molar-refractivity contribution in [3.8, 4) is 0 Å². The minimum Gasteiger partial charge on any atom is -0.336 e. The van der Waals surface area contributed by atoms with Crippen LogP contribution in [-0.2, 0) is 11.2 Å². The van der Waals surface area contributed by atoms with Gasteiger partial charge in [0.05, 0.1) is 10.8 Å². The van der Waals surface area contributed by atoms with Crippen LogP contribution in [0.4, 0.5) is 5.69 Å². The van der Waals surface area contributed by atoms with E-state index < -0.39 is 0 Å². The molecular formula is C19H22N2O2S. The number of hydrogen-bond acceptors (Lipinski definition) is 3. The van der Waals surface area contributed by atoms with Crippen LogP contribution in [0.15, 0.2) is 41.8 Å². The molecule has 0 aliphatic carbocycles. The first-order valence-electron chi connectivity index (χ1n) is 8.40. The van der Waals surface area contributed by atoms with Crippen LogP contribution in [0.1, 0.15) is 35.0 Å². The van der Waals surface area contributed by atoms with Gasteiger partial charge in [0.1, 0.15) is 0 Å². The monoisotopic (exact) mass is 342 g/mol. The molecule has 3 rings (SSSR count). The molecule has 1 aromatic heterocycles. The van der Waals surface area contributed by atoms with Crippen molar-refractivity contribution < 1.29 is 9.59 Å². The van der Waals surface area contributed by atoms with E-state index in [-0.39, 0.29) is 17.7 Å². The van der Waals surface area contributed by atoms with Crippen LogP contribution in [0, 0.1) is 5.92 Å². The number of unbranched alkanes of at least 4 members (excludes halogenated alkanes) is 1. The third-order valence-electron chi connectivity index (χ3n) is 4.31. The maximum absolute atomic E-state index is 12.3. The van der Waals surface area contributed by atoms with E-state index in [9.17, 15) is 9.59 Å². The molecule has 1 fully saturated rings. The summed E-state index contributed by atoms with van der Waals surface area (Å²) < 4.78 is 0. The Morgan fingerprint density at radius 1 is 1.21 bits per heavy atom. The first-order chi connectivity index (χ1) is 11.7. The predicted octanol–water partition coefficient (Wildman–Crippen LogP) is 3.80. The van der Waals surface area contributed by atoms with Gasteiger partial charge in [-0.1, -0.05) is 31.5 Å². The van der Waals surface area contributed by atoms with Gasteiger partial charge >= 0.3 is 0 Å². The third kappa shape index (κ3) is 3.85.